The van der Waals surface area contributed by atoms with E-state index < -0.39 is 23.9 Å². The lowest BCUT2D eigenvalue weighted by atomic mass is 9.99. The highest BCUT2D eigenvalue weighted by atomic mass is 19.3. The van der Waals surface area contributed by atoms with Gasteiger partial charge in [-0.2, -0.15) is 8.78 Å². The molecule has 2 heterocycles. The minimum absolute atomic E-state index is 0. The first-order valence-corrected chi connectivity index (χ1v) is 10.7. The summed E-state index contributed by atoms with van der Waals surface area (Å²) in [6.45, 7) is 0.527. The number of benzene rings is 2. The number of amides is 2. The van der Waals surface area contributed by atoms with Gasteiger partial charge in [-0.25, -0.2) is 0 Å². The van der Waals surface area contributed by atoms with E-state index in [-0.39, 0.29) is 13.8 Å². The van der Waals surface area contributed by atoms with E-state index in [0.29, 0.717) is 29.4 Å². The number of hydrogen-bond acceptors (Lipinski definition) is 5. The van der Waals surface area contributed by atoms with Gasteiger partial charge in [-0.05, 0) is 35.9 Å². The minimum atomic E-state index is -3.56. The van der Waals surface area contributed by atoms with E-state index in [1.807, 2.05) is 12.1 Å². The second-order valence-corrected chi connectivity index (χ2v) is 8.07. The Labute approximate surface area is 196 Å². The van der Waals surface area contributed by atoms with Crippen LogP contribution in [0.25, 0.3) is 0 Å². The van der Waals surface area contributed by atoms with Crippen molar-refractivity contribution in [1.29, 1.82) is 5.41 Å². The topological polar surface area (TPSA) is 98.2 Å². The summed E-state index contributed by atoms with van der Waals surface area (Å²) in [7, 11) is 0. The first kappa shape index (κ1) is 23.0. The lowest BCUT2D eigenvalue weighted by Gasteiger charge is -2.30. The van der Waals surface area contributed by atoms with Gasteiger partial charge >= 0.3 is 5.92 Å². The number of nitrogens with one attached hydrogen (secondary N) is 3. The van der Waals surface area contributed by atoms with Gasteiger partial charge in [0.2, 0.25) is 5.91 Å². The second kappa shape index (κ2) is 9.38. The van der Waals surface area contributed by atoms with Crippen molar-refractivity contribution in [2.24, 2.45) is 0 Å². The maximum atomic E-state index is 13.6. The normalized spacial score (nSPS) is 18.0. The molecule has 2 amide bonds. The molecule has 34 heavy (non-hydrogen) atoms. The molecule has 1 aliphatic rings. The fraction of sp³-hybridized carbons (Fsp3) is 0.200. The van der Waals surface area contributed by atoms with Crippen LogP contribution in [0.2, 0.25) is 0 Å². The van der Waals surface area contributed by atoms with Gasteiger partial charge in [0.1, 0.15) is 0 Å². The molecule has 0 spiro atoms. The van der Waals surface area contributed by atoms with Crippen molar-refractivity contribution < 1.29 is 19.8 Å². The smallest absolute Gasteiger partial charge is 0.321 e. The molecular weight excluding hydrogens is 440 g/mol. The van der Waals surface area contributed by atoms with Crippen LogP contribution in [0.4, 0.5) is 25.8 Å². The molecule has 7 nitrogen and oxygen atoms in total. The molecule has 0 radical (unpaired) electrons. The van der Waals surface area contributed by atoms with Crippen LogP contribution in [0.1, 0.15) is 31.9 Å². The van der Waals surface area contributed by atoms with Crippen molar-refractivity contribution in [2.75, 3.05) is 10.2 Å². The summed E-state index contributed by atoms with van der Waals surface area (Å²) in [4.78, 5) is 30.7. The molecule has 1 aliphatic heterocycles. The summed E-state index contributed by atoms with van der Waals surface area (Å²) < 4.78 is 27.2. The van der Waals surface area contributed by atoms with E-state index >= 15 is 0 Å². The third-order valence-electron chi connectivity index (χ3n) is 5.59. The zero-order valence-corrected chi connectivity index (χ0v) is 18.3. The molecule has 0 aliphatic carbocycles. The number of carbonyl (C=O) groups excluding carboxylic acids is 2. The van der Waals surface area contributed by atoms with E-state index in [0.717, 1.165) is 11.9 Å². The molecule has 9 heteroatoms. The molecule has 0 unspecified atom stereocenters. The van der Waals surface area contributed by atoms with Crippen LogP contribution < -0.4 is 15.5 Å². The van der Waals surface area contributed by atoms with Crippen LogP contribution in [0.3, 0.4) is 0 Å². The Bertz CT molecular complexity index is 1210. The minimum Gasteiger partial charge on any atom is -0.354 e. The average molecular weight is 466 g/mol. The Morgan fingerprint density at radius 1 is 1.21 bits per heavy atom. The molecule has 1 saturated heterocycles. The lowest BCUT2D eigenvalue weighted by molar-refractivity contribution is -0.143. The summed E-state index contributed by atoms with van der Waals surface area (Å²) in [5.41, 5.74) is 3.10. The molecule has 3 N–H and O–H groups in total. The van der Waals surface area contributed by atoms with Crippen molar-refractivity contribution in [3.63, 3.8) is 0 Å². The number of nitrogens with zero attached hydrogens (tertiary/aromatic N) is 2. The Hall–Kier alpha value is -4.14. The van der Waals surface area contributed by atoms with Crippen LogP contribution in [0.5, 0.6) is 0 Å². The highest BCUT2D eigenvalue weighted by Gasteiger charge is 2.45. The molecule has 2 aromatic carbocycles. The second-order valence-electron chi connectivity index (χ2n) is 8.07. The van der Waals surface area contributed by atoms with Crippen LogP contribution in [-0.4, -0.2) is 35.0 Å². The molecule has 3 aromatic rings. The molecule has 4 rings (SSSR count). The Morgan fingerprint density at radius 3 is 2.62 bits per heavy atom. The number of carbonyl (C=O) groups is 2. The fourth-order valence-electron chi connectivity index (χ4n) is 4.02. The molecule has 1 aromatic heterocycles. The predicted molar refractivity (Wildman–Crippen MR) is 128 cm³/mol. The third kappa shape index (κ3) is 4.78. The predicted octanol–water partition coefficient (Wildman–Crippen LogP) is 4.69. The zero-order valence-electron chi connectivity index (χ0n) is 18.3. The number of hydrogen-bond donors (Lipinski definition) is 3. The van der Waals surface area contributed by atoms with E-state index in [1.54, 1.807) is 60.9 Å². The third-order valence-corrected chi connectivity index (χ3v) is 5.59. The maximum absolute atomic E-state index is 13.6. The fourth-order valence-corrected chi connectivity index (χ4v) is 4.02. The number of halogens is 2. The highest BCUT2D eigenvalue weighted by molar-refractivity contribution is 6.00. The highest BCUT2D eigenvalue weighted by Crippen LogP contribution is 2.39. The van der Waals surface area contributed by atoms with Gasteiger partial charge in [0.05, 0.1) is 24.0 Å². The van der Waals surface area contributed by atoms with Crippen LogP contribution in [0.15, 0.2) is 73.1 Å². The number of pyridine rings is 1. The summed E-state index contributed by atoms with van der Waals surface area (Å²) in [5, 5.41) is 13.4. The van der Waals surface area contributed by atoms with Crippen LogP contribution in [-0.2, 0) is 9.59 Å². The first-order chi connectivity index (χ1) is 16.3. The van der Waals surface area contributed by atoms with Gasteiger partial charge in [0.25, 0.3) is 5.91 Å². The van der Waals surface area contributed by atoms with Gasteiger partial charge in [-0.15, -0.1) is 0 Å². The number of aromatic nitrogens is 1. The van der Waals surface area contributed by atoms with Crippen LogP contribution in [0, 0.1) is 5.41 Å². The van der Waals surface area contributed by atoms with E-state index in [9.17, 15) is 18.4 Å². The monoisotopic (exact) mass is 465 g/mol. The van der Waals surface area contributed by atoms with Crippen LogP contribution >= 0.6 is 0 Å². The largest absolute Gasteiger partial charge is 0.354 e. The molecule has 0 saturated carbocycles. The maximum Gasteiger partial charge on any atom is 0.321 e. The Kier molecular flexibility index (Phi) is 6.36. The van der Waals surface area contributed by atoms with Crippen molar-refractivity contribution in [2.45, 2.75) is 31.4 Å². The number of alkyl halides is 2. The van der Waals surface area contributed by atoms with Crippen molar-refractivity contribution in [3.8, 4) is 0 Å². The van der Waals surface area contributed by atoms with Gasteiger partial charge < -0.3 is 20.9 Å². The van der Waals surface area contributed by atoms with Crippen molar-refractivity contribution in [3.05, 3.63) is 84.2 Å². The molecule has 2 atom stereocenters. The summed E-state index contributed by atoms with van der Waals surface area (Å²) in [6, 6.07) is 16.2. The van der Waals surface area contributed by atoms with E-state index in [2.05, 4.69) is 15.6 Å². The summed E-state index contributed by atoms with van der Waals surface area (Å²) in [6.07, 6.45) is 4.33. The van der Waals surface area contributed by atoms with Gasteiger partial charge in [0, 0.05) is 44.1 Å². The summed E-state index contributed by atoms with van der Waals surface area (Å²) in [5.74, 6) is -5.31. The molecule has 1 fully saturated rings. The average Bonchev–Trinajstić information content (AvgIpc) is 3.15. The van der Waals surface area contributed by atoms with Gasteiger partial charge in [-0.3, -0.25) is 14.6 Å². The Balaban J connectivity index is 0.00000342. The lowest BCUT2D eigenvalue weighted by Crippen LogP contribution is -2.46. The number of anilines is 3. The van der Waals surface area contributed by atoms with Gasteiger partial charge in [-0.1, -0.05) is 30.3 Å². The first-order valence-electron chi connectivity index (χ1n) is 10.7. The number of rotatable bonds is 7. The quantitative estimate of drug-likeness (QED) is 0.441. The SMILES string of the molecule is CC(F)(F)C(=O)N[C@H]1CC(=O)N(c2ccc(Nc3cccnc3)c(C=N)c2)[C@@H]1c1ccccc1.[HH]. The summed E-state index contributed by atoms with van der Waals surface area (Å²) >= 11 is 0. The Morgan fingerprint density at radius 2 is 1.97 bits per heavy atom. The molecular formula is C25H25F2N5O2. The molecule has 0 bridgehead atoms. The van der Waals surface area contributed by atoms with E-state index in [4.69, 9.17) is 5.41 Å². The molecule has 176 valence electrons. The van der Waals surface area contributed by atoms with Crippen molar-refractivity contribution in [1.82, 2.24) is 10.3 Å². The van der Waals surface area contributed by atoms with E-state index in [1.165, 1.54) is 4.90 Å². The van der Waals surface area contributed by atoms with Gasteiger partial charge in [0.15, 0.2) is 0 Å². The standard InChI is InChI=1S/C25H23F2N5O2.H2/c1-25(26,27)24(34)31-21-13-22(33)32(23(21)16-6-3-2-4-7-16)19-9-10-20(17(12-19)14-28)30-18-8-5-11-29-15-18;/h2-12,14-15,21,23,28,30H,13H2,1H3,(H,31,34);1H/t21-,23+;/m0./s1. The zero-order chi connectivity index (χ0) is 24.3. The van der Waals surface area contributed by atoms with Crippen molar-refractivity contribution >= 4 is 35.1 Å².